The molecule has 7 nitrogen and oxygen atoms in total. The zero-order valence-corrected chi connectivity index (χ0v) is 16.6. The first-order chi connectivity index (χ1) is 13.5. The Morgan fingerprint density at radius 1 is 1.00 bits per heavy atom. The Balaban J connectivity index is 1.47. The van der Waals surface area contributed by atoms with E-state index in [2.05, 4.69) is 9.88 Å². The maximum atomic E-state index is 12.9. The number of aliphatic hydroxyl groups excluding tert-OH is 1. The molecule has 2 aromatic carbocycles. The molecule has 1 aliphatic rings. The third kappa shape index (κ3) is 3.56. The van der Waals surface area contributed by atoms with Crippen LogP contribution >= 0.6 is 0 Å². The van der Waals surface area contributed by atoms with Crippen LogP contribution in [0.15, 0.2) is 53.4 Å². The summed E-state index contributed by atoms with van der Waals surface area (Å²) in [6.07, 6.45) is 0. The van der Waals surface area contributed by atoms with Crippen LogP contribution in [-0.4, -0.2) is 58.5 Å². The number of aromatic nitrogens is 2. The molecule has 0 spiro atoms. The predicted octanol–water partition coefficient (Wildman–Crippen LogP) is 1.80. The van der Waals surface area contributed by atoms with Crippen LogP contribution in [0.5, 0.6) is 0 Å². The standard InChI is InChI=1S/C20H24N4O3S/c1-16-6-8-17(9-7-16)28(26,27)23-12-10-22(11-13-23)15-24-19-5-3-2-4-18(19)21-20(24)14-25/h2-9,25H,10-15H2,1H3. The van der Waals surface area contributed by atoms with Crippen LogP contribution in [0.1, 0.15) is 11.4 Å². The van der Waals surface area contributed by atoms with Crippen molar-refractivity contribution >= 4 is 21.1 Å². The summed E-state index contributed by atoms with van der Waals surface area (Å²) in [6.45, 7) is 4.53. The number of piperazine rings is 1. The summed E-state index contributed by atoms with van der Waals surface area (Å²) >= 11 is 0. The number of rotatable bonds is 5. The highest BCUT2D eigenvalue weighted by molar-refractivity contribution is 7.89. The first-order valence-corrected chi connectivity index (χ1v) is 10.8. The molecule has 4 rings (SSSR count). The van der Waals surface area contributed by atoms with Crippen LogP contribution in [0.25, 0.3) is 11.0 Å². The minimum Gasteiger partial charge on any atom is -0.388 e. The number of aliphatic hydroxyl groups is 1. The van der Waals surface area contributed by atoms with Crippen LogP contribution in [0.4, 0.5) is 0 Å². The highest BCUT2D eigenvalue weighted by atomic mass is 32.2. The van der Waals surface area contributed by atoms with Crippen molar-refractivity contribution in [3.05, 3.63) is 59.9 Å². The molecule has 0 amide bonds. The van der Waals surface area contributed by atoms with Crippen LogP contribution in [0.3, 0.4) is 0 Å². The second-order valence-corrected chi connectivity index (χ2v) is 9.02. The van der Waals surface area contributed by atoms with E-state index < -0.39 is 10.0 Å². The van der Waals surface area contributed by atoms with Crippen molar-refractivity contribution in [3.63, 3.8) is 0 Å². The molecule has 0 unspecified atom stereocenters. The number of nitrogens with zero attached hydrogens (tertiary/aromatic N) is 4. The molecule has 1 saturated heterocycles. The lowest BCUT2D eigenvalue weighted by Crippen LogP contribution is -2.48. The molecule has 8 heteroatoms. The highest BCUT2D eigenvalue weighted by Crippen LogP contribution is 2.20. The smallest absolute Gasteiger partial charge is 0.243 e. The highest BCUT2D eigenvalue weighted by Gasteiger charge is 2.28. The molecule has 148 valence electrons. The number of sulfonamides is 1. The first-order valence-electron chi connectivity index (χ1n) is 9.33. The molecule has 2 heterocycles. The minimum atomic E-state index is -3.46. The molecule has 1 N–H and O–H groups in total. The third-order valence-electron chi connectivity index (χ3n) is 5.21. The lowest BCUT2D eigenvalue weighted by molar-refractivity contribution is 0.148. The topological polar surface area (TPSA) is 78.7 Å². The number of hydrogen-bond acceptors (Lipinski definition) is 5. The summed E-state index contributed by atoms with van der Waals surface area (Å²) < 4.78 is 29.3. The van der Waals surface area contributed by atoms with Crippen molar-refractivity contribution in [3.8, 4) is 0 Å². The third-order valence-corrected chi connectivity index (χ3v) is 7.12. The fourth-order valence-electron chi connectivity index (χ4n) is 3.57. The summed E-state index contributed by atoms with van der Waals surface area (Å²) in [4.78, 5) is 7.01. The minimum absolute atomic E-state index is 0.129. The van der Waals surface area contributed by atoms with Crippen LogP contribution in [-0.2, 0) is 23.3 Å². The summed E-state index contributed by atoms with van der Waals surface area (Å²) in [6, 6.07) is 14.8. The molecule has 0 bridgehead atoms. The van der Waals surface area contributed by atoms with E-state index >= 15 is 0 Å². The van der Waals surface area contributed by atoms with Gasteiger partial charge in [0.2, 0.25) is 10.0 Å². The fraction of sp³-hybridized carbons (Fsp3) is 0.350. The Morgan fingerprint density at radius 2 is 1.68 bits per heavy atom. The molecule has 3 aromatic rings. The number of hydrogen-bond donors (Lipinski definition) is 1. The molecule has 1 aromatic heterocycles. The molecular weight excluding hydrogens is 376 g/mol. The van der Waals surface area contributed by atoms with Gasteiger partial charge in [-0.15, -0.1) is 0 Å². The van der Waals surface area contributed by atoms with Gasteiger partial charge in [0.25, 0.3) is 0 Å². The SMILES string of the molecule is Cc1ccc(S(=O)(=O)N2CCN(Cn3c(CO)nc4ccccc43)CC2)cc1. The predicted molar refractivity (Wildman–Crippen MR) is 107 cm³/mol. The fourth-order valence-corrected chi connectivity index (χ4v) is 5.00. The Kier molecular flexibility index (Phi) is 5.20. The molecule has 0 aliphatic carbocycles. The normalized spacial score (nSPS) is 16.6. The van der Waals surface area contributed by atoms with Crippen molar-refractivity contribution < 1.29 is 13.5 Å². The molecule has 28 heavy (non-hydrogen) atoms. The van der Waals surface area contributed by atoms with Crippen molar-refractivity contribution in [2.24, 2.45) is 0 Å². The lowest BCUT2D eigenvalue weighted by Gasteiger charge is -2.34. The molecule has 0 atom stereocenters. The van der Waals surface area contributed by atoms with Gasteiger partial charge in [-0.05, 0) is 31.2 Å². The van der Waals surface area contributed by atoms with Gasteiger partial charge in [-0.1, -0.05) is 29.8 Å². The van der Waals surface area contributed by atoms with Crippen LogP contribution < -0.4 is 0 Å². The Morgan fingerprint density at radius 3 is 2.36 bits per heavy atom. The number of fused-ring (bicyclic) bond motifs is 1. The monoisotopic (exact) mass is 400 g/mol. The van der Waals surface area contributed by atoms with Gasteiger partial charge in [0.05, 0.1) is 22.6 Å². The molecular formula is C20H24N4O3S. The van der Waals surface area contributed by atoms with E-state index in [9.17, 15) is 13.5 Å². The van der Waals surface area contributed by atoms with E-state index in [0.29, 0.717) is 43.6 Å². The van der Waals surface area contributed by atoms with E-state index in [4.69, 9.17) is 0 Å². The van der Waals surface area contributed by atoms with Crippen molar-refractivity contribution in [2.45, 2.75) is 25.1 Å². The average Bonchev–Trinajstić information content (AvgIpc) is 3.06. The zero-order valence-electron chi connectivity index (χ0n) is 15.8. The Hall–Kier alpha value is -2.26. The summed E-state index contributed by atoms with van der Waals surface area (Å²) in [5.74, 6) is 0.621. The zero-order chi connectivity index (χ0) is 19.7. The largest absolute Gasteiger partial charge is 0.388 e. The Labute approximate surface area is 164 Å². The summed E-state index contributed by atoms with van der Waals surface area (Å²) in [5.41, 5.74) is 2.87. The summed E-state index contributed by atoms with van der Waals surface area (Å²) in [5, 5.41) is 9.65. The van der Waals surface area contributed by atoms with E-state index in [1.54, 1.807) is 16.4 Å². The van der Waals surface area contributed by atoms with E-state index in [0.717, 1.165) is 16.6 Å². The summed E-state index contributed by atoms with van der Waals surface area (Å²) in [7, 11) is -3.46. The number of aryl methyl sites for hydroxylation is 1. The van der Waals surface area contributed by atoms with Crippen molar-refractivity contribution in [1.82, 2.24) is 18.8 Å². The van der Waals surface area contributed by atoms with Gasteiger partial charge in [-0.2, -0.15) is 4.31 Å². The number of para-hydroxylation sites is 2. The van der Waals surface area contributed by atoms with Gasteiger partial charge in [0, 0.05) is 26.2 Å². The average molecular weight is 401 g/mol. The van der Waals surface area contributed by atoms with Gasteiger partial charge >= 0.3 is 0 Å². The van der Waals surface area contributed by atoms with Gasteiger partial charge in [-0.25, -0.2) is 13.4 Å². The van der Waals surface area contributed by atoms with Gasteiger partial charge in [0.1, 0.15) is 12.4 Å². The number of benzene rings is 2. The molecule has 1 fully saturated rings. The van der Waals surface area contributed by atoms with Crippen LogP contribution in [0.2, 0.25) is 0 Å². The van der Waals surface area contributed by atoms with Crippen LogP contribution in [0, 0.1) is 6.92 Å². The van der Waals surface area contributed by atoms with Crippen molar-refractivity contribution in [1.29, 1.82) is 0 Å². The number of imidazole rings is 1. The lowest BCUT2D eigenvalue weighted by atomic mass is 10.2. The first kappa shape index (κ1) is 19.1. The van der Waals surface area contributed by atoms with E-state index in [1.165, 1.54) is 0 Å². The molecule has 0 saturated carbocycles. The van der Waals surface area contributed by atoms with Gasteiger partial charge in [0.15, 0.2) is 0 Å². The molecule has 1 aliphatic heterocycles. The second kappa shape index (κ2) is 7.63. The maximum Gasteiger partial charge on any atom is 0.243 e. The quantitative estimate of drug-likeness (QED) is 0.707. The molecule has 0 radical (unpaired) electrons. The Bertz CT molecular complexity index is 1070. The van der Waals surface area contributed by atoms with Crippen molar-refractivity contribution in [2.75, 3.05) is 26.2 Å². The van der Waals surface area contributed by atoms with Gasteiger partial charge < -0.3 is 9.67 Å². The van der Waals surface area contributed by atoms with E-state index in [-0.39, 0.29) is 6.61 Å². The van der Waals surface area contributed by atoms with Gasteiger partial charge in [-0.3, -0.25) is 4.90 Å². The maximum absolute atomic E-state index is 12.9. The van der Waals surface area contributed by atoms with E-state index in [1.807, 2.05) is 47.9 Å². The second-order valence-electron chi connectivity index (χ2n) is 7.08.